The third kappa shape index (κ3) is 5.99. The Hall–Kier alpha value is -2.09. The Bertz CT molecular complexity index is 769. The van der Waals surface area contributed by atoms with E-state index in [2.05, 4.69) is 5.10 Å². The van der Waals surface area contributed by atoms with E-state index < -0.39 is 5.60 Å². The van der Waals surface area contributed by atoms with Crippen LogP contribution < -0.4 is 0 Å². The van der Waals surface area contributed by atoms with Gasteiger partial charge in [0, 0.05) is 31.0 Å². The van der Waals surface area contributed by atoms with E-state index in [1.807, 2.05) is 32.4 Å². The van der Waals surface area contributed by atoms with Crippen LogP contribution in [-0.2, 0) is 20.6 Å². The minimum atomic E-state index is -0.485. The highest BCUT2D eigenvalue weighted by Gasteiger charge is 2.31. The van der Waals surface area contributed by atoms with Gasteiger partial charge in [-0.25, -0.2) is 14.3 Å². The largest absolute Gasteiger partial charge is 0.461 e. The van der Waals surface area contributed by atoms with E-state index >= 15 is 0 Å². The van der Waals surface area contributed by atoms with Gasteiger partial charge in [-0.05, 0) is 79.1 Å². The van der Waals surface area contributed by atoms with Gasteiger partial charge in [-0.2, -0.15) is 5.10 Å². The van der Waals surface area contributed by atoms with E-state index in [1.54, 1.807) is 11.8 Å². The second-order valence-electron chi connectivity index (χ2n) is 9.52. The number of amides is 1. The summed E-state index contributed by atoms with van der Waals surface area (Å²) in [5, 5.41) is 4.63. The van der Waals surface area contributed by atoms with Crippen molar-refractivity contribution in [3.63, 3.8) is 0 Å². The van der Waals surface area contributed by atoms with Crippen molar-refractivity contribution < 1.29 is 23.8 Å². The van der Waals surface area contributed by atoms with Gasteiger partial charge in [0.25, 0.3) is 0 Å². The van der Waals surface area contributed by atoms with Crippen LogP contribution in [0.3, 0.4) is 0 Å². The van der Waals surface area contributed by atoms with Crippen molar-refractivity contribution in [1.29, 1.82) is 0 Å². The van der Waals surface area contributed by atoms with Gasteiger partial charge in [0.1, 0.15) is 11.8 Å². The number of esters is 1. The Morgan fingerprint density at radius 1 is 1.16 bits per heavy atom. The summed E-state index contributed by atoms with van der Waals surface area (Å²) < 4.78 is 18.6. The summed E-state index contributed by atoms with van der Waals surface area (Å²) in [7, 11) is 0. The summed E-state index contributed by atoms with van der Waals surface area (Å²) in [5.41, 5.74) is 1.83. The molecule has 1 unspecified atom stereocenters. The Labute approximate surface area is 185 Å². The summed E-state index contributed by atoms with van der Waals surface area (Å²) in [5.74, 6) is 0.0297. The molecule has 0 radical (unpaired) electrons. The van der Waals surface area contributed by atoms with E-state index in [1.165, 1.54) is 0 Å². The number of aromatic nitrogens is 2. The second kappa shape index (κ2) is 10.0. The SMILES string of the molecule is CCOC(=O)c1nn(C2CCCCO2)c(CC2CCN(C(=O)OC(C)(C)C)CC2)c1C. The zero-order valence-corrected chi connectivity index (χ0v) is 19.6. The molecule has 3 heterocycles. The highest BCUT2D eigenvalue weighted by Crippen LogP contribution is 2.30. The van der Waals surface area contributed by atoms with E-state index in [0.29, 0.717) is 37.9 Å². The predicted molar refractivity (Wildman–Crippen MR) is 116 cm³/mol. The van der Waals surface area contributed by atoms with Crippen LogP contribution in [0, 0.1) is 12.8 Å². The summed E-state index contributed by atoms with van der Waals surface area (Å²) in [4.78, 5) is 26.6. The lowest BCUT2D eigenvalue weighted by molar-refractivity contribution is -0.0417. The maximum Gasteiger partial charge on any atom is 0.410 e. The average Bonchev–Trinajstić information content (AvgIpc) is 3.04. The first kappa shape index (κ1) is 23.6. The molecule has 1 aromatic heterocycles. The minimum Gasteiger partial charge on any atom is -0.461 e. The molecule has 0 bridgehead atoms. The summed E-state index contributed by atoms with van der Waals surface area (Å²) in [6.45, 7) is 11.8. The lowest BCUT2D eigenvalue weighted by Gasteiger charge is -2.34. The van der Waals surface area contributed by atoms with Gasteiger partial charge in [0.2, 0.25) is 0 Å². The van der Waals surface area contributed by atoms with Crippen molar-refractivity contribution in [2.24, 2.45) is 5.92 Å². The van der Waals surface area contributed by atoms with E-state index in [-0.39, 0.29) is 18.3 Å². The molecule has 2 fully saturated rings. The number of hydrogen-bond acceptors (Lipinski definition) is 6. The van der Waals surface area contributed by atoms with E-state index in [4.69, 9.17) is 14.2 Å². The molecular formula is C23H37N3O5. The van der Waals surface area contributed by atoms with Gasteiger partial charge in [0.05, 0.1) is 6.61 Å². The van der Waals surface area contributed by atoms with E-state index in [0.717, 1.165) is 49.8 Å². The minimum absolute atomic E-state index is 0.132. The molecule has 0 aliphatic carbocycles. The van der Waals surface area contributed by atoms with Crippen LogP contribution in [0.1, 0.15) is 87.8 Å². The summed E-state index contributed by atoms with van der Waals surface area (Å²) in [6.07, 6.45) is 5.26. The first-order valence-corrected chi connectivity index (χ1v) is 11.5. The third-order valence-electron chi connectivity index (χ3n) is 5.92. The zero-order valence-electron chi connectivity index (χ0n) is 19.6. The molecule has 1 atom stereocenters. The molecule has 1 amide bonds. The van der Waals surface area contributed by atoms with Gasteiger partial charge in [0.15, 0.2) is 5.69 Å². The van der Waals surface area contributed by atoms with E-state index in [9.17, 15) is 9.59 Å². The smallest absolute Gasteiger partial charge is 0.410 e. The van der Waals surface area contributed by atoms with Crippen molar-refractivity contribution in [1.82, 2.24) is 14.7 Å². The van der Waals surface area contributed by atoms with Crippen molar-refractivity contribution in [3.05, 3.63) is 17.0 Å². The van der Waals surface area contributed by atoms with Crippen LogP contribution in [-0.4, -0.2) is 58.6 Å². The molecule has 174 valence electrons. The number of carbonyl (C=O) groups is 2. The lowest BCUT2D eigenvalue weighted by Crippen LogP contribution is -2.42. The number of ether oxygens (including phenoxy) is 3. The maximum atomic E-state index is 12.4. The van der Waals surface area contributed by atoms with Crippen molar-refractivity contribution in [2.45, 2.75) is 85.0 Å². The fraction of sp³-hybridized carbons (Fsp3) is 0.783. The van der Waals surface area contributed by atoms with Crippen molar-refractivity contribution >= 4 is 12.1 Å². The van der Waals surface area contributed by atoms with Gasteiger partial charge in [-0.1, -0.05) is 0 Å². The highest BCUT2D eigenvalue weighted by molar-refractivity contribution is 5.89. The predicted octanol–water partition coefficient (Wildman–Crippen LogP) is 4.26. The zero-order chi connectivity index (χ0) is 22.6. The standard InChI is InChI=1S/C23H37N3O5/c1-6-29-21(27)20-16(2)18(26(24-20)19-9-7-8-14-30-19)15-17-10-12-25(13-11-17)22(28)31-23(3,4)5/h17,19H,6-15H2,1-5H3. The Kier molecular flexibility index (Phi) is 7.62. The van der Waals surface area contributed by atoms with Crippen LogP contribution in [0.15, 0.2) is 0 Å². The molecule has 0 N–H and O–H groups in total. The monoisotopic (exact) mass is 435 g/mol. The fourth-order valence-electron chi connectivity index (χ4n) is 4.27. The van der Waals surface area contributed by atoms with Gasteiger partial charge in [-0.15, -0.1) is 0 Å². The number of carbonyl (C=O) groups excluding carboxylic acids is 2. The number of rotatable bonds is 5. The summed E-state index contributed by atoms with van der Waals surface area (Å²) in [6, 6.07) is 0. The molecule has 2 saturated heterocycles. The molecule has 0 aromatic carbocycles. The van der Waals surface area contributed by atoms with Crippen LogP contribution in [0.4, 0.5) is 4.79 Å². The quantitative estimate of drug-likeness (QED) is 0.643. The lowest BCUT2D eigenvalue weighted by atomic mass is 9.91. The molecular weight excluding hydrogens is 398 g/mol. The topological polar surface area (TPSA) is 82.9 Å². The maximum absolute atomic E-state index is 12.4. The molecule has 0 saturated carbocycles. The average molecular weight is 436 g/mol. The Balaban J connectivity index is 1.71. The second-order valence-corrected chi connectivity index (χ2v) is 9.52. The summed E-state index contributed by atoms with van der Waals surface area (Å²) >= 11 is 0. The molecule has 8 heteroatoms. The van der Waals surface area contributed by atoms with Crippen LogP contribution in [0.5, 0.6) is 0 Å². The molecule has 1 aromatic rings. The Morgan fingerprint density at radius 2 is 1.87 bits per heavy atom. The molecule has 2 aliphatic rings. The van der Waals surface area contributed by atoms with Gasteiger partial charge in [-0.3, -0.25) is 0 Å². The van der Waals surface area contributed by atoms with Gasteiger partial charge >= 0.3 is 12.1 Å². The normalized spacial score (nSPS) is 20.5. The number of hydrogen-bond donors (Lipinski definition) is 0. The third-order valence-corrected chi connectivity index (χ3v) is 5.92. The van der Waals surface area contributed by atoms with Crippen LogP contribution in [0.25, 0.3) is 0 Å². The molecule has 8 nitrogen and oxygen atoms in total. The number of nitrogens with zero attached hydrogens (tertiary/aromatic N) is 3. The molecule has 31 heavy (non-hydrogen) atoms. The van der Waals surface area contributed by atoms with Crippen molar-refractivity contribution in [3.8, 4) is 0 Å². The van der Waals surface area contributed by atoms with Crippen LogP contribution in [0.2, 0.25) is 0 Å². The fourth-order valence-corrected chi connectivity index (χ4v) is 4.27. The first-order chi connectivity index (χ1) is 14.7. The molecule has 2 aliphatic heterocycles. The van der Waals surface area contributed by atoms with Gasteiger partial charge < -0.3 is 19.1 Å². The first-order valence-electron chi connectivity index (χ1n) is 11.5. The van der Waals surface area contributed by atoms with Crippen LogP contribution >= 0.6 is 0 Å². The number of likely N-dealkylation sites (tertiary alicyclic amines) is 1. The van der Waals surface area contributed by atoms with Crippen molar-refractivity contribution in [2.75, 3.05) is 26.3 Å². The number of piperidine rings is 1. The molecule has 3 rings (SSSR count). The highest BCUT2D eigenvalue weighted by atomic mass is 16.6. The molecule has 0 spiro atoms. The Morgan fingerprint density at radius 3 is 2.45 bits per heavy atom.